The van der Waals surface area contributed by atoms with Gasteiger partial charge in [-0.15, -0.1) is 0 Å². The Bertz CT molecular complexity index is 745. The molecular formula is C15H16N2O5S. The second kappa shape index (κ2) is 5.16. The Balaban J connectivity index is 1.89. The summed E-state index contributed by atoms with van der Waals surface area (Å²) in [5, 5.41) is 18.3. The number of carboxylic acid groups (broad SMARTS) is 1. The van der Waals surface area contributed by atoms with E-state index in [9.17, 15) is 24.0 Å². The number of rotatable bonds is 3. The lowest BCUT2D eigenvalue weighted by atomic mass is 9.96. The van der Waals surface area contributed by atoms with E-state index in [1.165, 1.54) is 12.3 Å². The molecule has 1 amide bonds. The van der Waals surface area contributed by atoms with E-state index in [1.54, 1.807) is 32.0 Å². The van der Waals surface area contributed by atoms with E-state index < -0.39 is 44.9 Å². The first kappa shape index (κ1) is 15.7. The number of carbonyl (C=O) groups excluding carboxylic acids is 1. The predicted octanol–water partition coefficient (Wildman–Crippen LogP) is 0.342. The number of nitrogens with zero attached hydrogens (tertiary/aromatic N) is 2. The Morgan fingerprint density at radius 1 is 1.39 bits per heavy atom. The molecule has 23 heavy (non-hydrogen) atoms. The summed E-state index contributed by atoms with van der Waals surface area (Å²) < 4.78 is 11.5. The normalized spacial score (nSPS) is 31.9. The van der Waals surface area contributed by atoms with Crippen molar-refractivity contribution in [2.45, 2.75) is 36.1 Å². The summed E-state index contributed by atoms with van der Waals surface area (Å²) >= 11 is 0. The van der Waals surface area contributed by atoms with Crippen molar-refractivity contribution >= 4 is 28.9 Å². The molecule has 0 radical (unpaired) electrons. The fraction of sp³-hybridized carbons (Fsp3) is 0.400. The molecule has 0 saturated carbocycles. The monoisotopic (exact) mass is 336 g/mol. The van der Waals surface area contributed by atoms with Crippen LogP contribution in [0.5, 0.6) is 5.75 Å². The van der Waals surface area contributed by atoms with Gasteiger partial charge in [-0.05, 0) is 26.0 Å². The van der Waals surface area contributed by atoms with Crippen LogP contribution in [0.4, 0.5) is 0 Å². The predicted molar refractivity (Wildman–Crippen MR) is 83.8 cm³/mol. The van der Waals surface area contributed by atoms with Gasteiger partial charge in [0.15, 0.2) is 6.04 Å². The van der Waals surface area contributed by atoms with Crippen LogP contribution in [0, 0.1) is 0 Å². The van der Waals surface area contributed by atoms with E-state index >= 15 is 0 Å². The van der Waals surface area contributed by atoms with E-state index in [2.05, 4.69) is 4.99 Å². The molecule has 2 aliphatic heterocycles. The van der Waals surface area contributed by atoms with Crippen molar-refractivity contribution in [3.8, 4) is 5.75 Å². The molecule has 0 aromatic heterocycles. The number of carbonyl (C=O) groups is 2. The maximum absolute atomic E-state index is 12.6. The molecule has 2 N–H and O–H groups in total. The number of amides is 1. The number of β-lactam (4-membered cyclic amide) rings is 1. The molecule has 3 rings (SSSR count). The Hall–Kier alpha value is -2.22. The average Bonchev–Trinajstić information content (AvgIpc) is 2.67. The summed E-state index contributed by atoms with van der Waals surface area (Å²) in [5.41, 5.74) is 0.441. The highest BCUT2D eigenvalue weighted by atomic mass is 32.2. The SMILES string of the molecule is CC1(C)[C@H](C(=O)O)N2C(=O)[C@@H](N=Cc3ccccc3O)[C@H]2S1=O. The fourth-order valence-electron chi connectivity index (χ4n) is 3.03. The number of fused-ring (bicyclic) bond motifs is 1. The maximum atomic E-state index is 12.6. The van der Waals surface area contributed by atoms with Crippen LogP contribution in [0.15, 0.2) is 29.3 Å². The molecule has 2 heterocycles. The van der Waals surface area contributed by atoms with Crippen LogP contribution in [0.1, 0.15) is 19.4 Å². The fourth-order valence-corrected chi connectivity index (χ4v) is 4.94. The first-order valence-corrected chi connectivity index (χ1v) is 8.25. The number of carboxylic acids is 1. The highest BCUT2D eigenvalue weighted by Crippen LogP contribution is 2.44. The van der Waals surface area contributed by atoms with Gasteiger partial charge < -0.3 is 15.1 Å². The molecule has 4 atom stereocenters. The van der Waals surface area contributed by atoms with Gasteiger partial charge in [0, 0.05) is 11.8 Å². The largest absolute Gasteiger partial charge is 0.507 e. The van der Waals surface area contributed by atoms with Crippen LogP contribution in [0.25, 0.3) is 0 Å². The molecule has 0 aliphatic carbocycles. The van der Waals surface area contributed by atoms with Crippen LogP contribution >= 0.6 is 0 Å². The van der Waals surface area contributed by atoms with Crippen LogP contribution in [0.2, 0.25) is 0 Å². The van der Waals surface area contributed by atoms with Crippen LogP contribution in [-0.2, 0) is 20.4 Å². The summed E-state index contributed by atoms with van der Waals surface area (Å²) in [7, 11) is -1.54. The van der Waals surface area contributed by atoms with Crippen molar-refractivity contribution in [2.24, 2.45) is 4.99 Å². The highest BCUT2D eigenvalue weighted by Gasteiger charge is 2.67. The molecular weight excluding hydrogens is 320 g/mol. The second-order valence-corrected chi connectivity index (χ2v) is 8.19. The number of benzene rings is 1. The van der Waals surface area contributed by atoms with Gasteiger partial charge in [0.1, 0.15) is 17.2 Å². The summed E-state index contributed by atoms with van der Waals surface area (Å²) in [6.45, 7) is 3.16. The molecule has 0 bridgehead atoms. The third-order valence-electron chi connectivity index (χ3n) is 4.27. The maximum Gasteiger partial charge on any atom is 0.328 e. The minimum Gasteiger partial charge on any atom is -0.507 e. The number of aromatic hydroxyl groups is 1. The van der Waals surface area contributed by atoms with Gasteiger partial charge in [-0.25, -0.2) is 4.79 Å². The Morgan fingerprint density at radius 2 is 2.04 bits per heavy atom. The zero-order valence-corrected chi connectivity index (χ0v) is 13.4. The quantitative estimate of drug-likeness (QED) is 0.611. The third-order valence-corrected chi connectivity index (χ3v) is 6.46. The van der Waals surface area contributed by atoms with Crippen molar-refractivity contribution in [2.75, 3.05) is 0 Å². The molecule has 0 spiro atoms. The topological polar surface area (TPSA) is 107 Å². The number of aliphatic imine (C=N–C) groups is 1. The zero-order valence-electron chi connectivity index (χ0n) is 12.5. The van der Waals surface area contributed by atoms with Crippen molar-refractivity contribution in [3.05, 3.63) is 29.8 Å². The molecule has 2 saturated heterocycles. The van der Waals surface area contributed by atoms with Gasteiger partial charge in [-0.2, -0.15) is 0 Å². The van der Waals surface area contributed by atoms with Crippen LogP contribution in [0.3, 0.4) is 0 Å². The number of hydrogen-bond donors (Lipinski definition) is 2. The molecule has 1 aromatic carbocycles. The zero-order chi connectivity index (χ0) is 16.9. The first-order valence-electron chi connectivity index (χ1n) is 7.03. The summed E-state index contributed by atoms with van der Waals surface area (Å²) in [6.07, 6.45) is 1.35. The standard InChI is InChI=1S/C15H16N2O5S/c1-15(2)11(14(20)21)17-12(19)10(13(17)23(15)22)16-7-8-5-3-4-6-9(8)18/h3-7,10-11,13,18H,1-2H3,(H,20,21)/t10-,11+,13-,23?/m1/s1. The Labute approximate surface area is 135 Å². The second-order valence-electron chi connectivity index (χ2n) is 6.06. The highest BCUT2D eigenvalue weighted by molar-refractivity contribution is 7.87. The minimum absolute atomic E-state index is 0.0242. The number of phenolic OH excluding ortho intramolecular Hbond substituents is 1. The third kappa shape index (κ3) is 2.16. The summed E-state index contributed by atoms with van der Waals surface area (Å²) in [5.74, 6) is -1.59. The van der Waals surface area contributed by atoms with Crippen LogP contribution in [-0.4, -0.2) is 59.6 Å². The van der Waals surface area contributed by atoms with Crippen molar-refractivity contribution < 1.29 is 24.0 Å². The molecule has 2 fully saturated rings. The number of para-hydroxylation sites is 1. The molecule has 7 nitrogen and oxygen atoms in total. The van der Waals surface area contributed by atoms with Gasteiger partial charge >= 0.3 is 5.97 Å². The van der Waals surface area contributed by atoms with Crippen molar-refractivity contribution in [1.82, 2.24) is 4.90 Å². The minimum atomic E-state index is -1.54. The lowest BCUT2D eigenvalue weighted by molar-refractivity contribution is -0.158. The number of phenols is 1. The van der Waals surface area contributed by atoms with Crippen LogP contribution < -0.4 is 0 Å². The molecule has 122 valence electrons. The average molecular weight is 336 g/mol. The van der Waals surface area contributed by atoms with E-state index in [0.717, 1.165) is 4.90 Å². The van der Waals surface area contributed by atoms with Gasteiger partial charge in [-0.1, -0.05) is 12.1 Å². The Kier molecular flexibility index (Phi) is 3.51. The van der Waals surface area contributed by atoms with E-state index in [1.807, 2.05) is 0 Å². The molecule has 1 aromatic rings. The summed E-state index contributed by atoms with van der Waals surface area (Å²) in [6, 6.07) is 4.52. The van der Waals surface area contributed by atoms with Gasteiger partial charge in [-0.3, -0.25) is 14.0 Å². The van der Waals surface area contributed by atoms with E-state index in [4.69, 9.17) is 0 Å². The molecule has 8 heteroatoms. The number of aliphatic carboxylic acids is 1. The van der Waals surface area contributed by atoms with E-state index in [-0.39, 0.29) is 5.75 Å². The molecule has 1 unspecified atom stereocenters. The van der Waals surface area contributed by atoms with Crippen molar-refractivity contribution in [1.29, 1.82) is 0 Å². The first-order chi connectivity index (χ1) is 10.8. The molecule has 2 aliphatic rings. The van der Waals surface area contributed by atoms with E-state index in [0.29, 0.717) is 5.56 Å². The lowest BCUT2D eigenvalue weighted by Crippen LogP contribution is -2.65. The van der Waals surface area contributed by atoms with Gasteiger partial charge in [0.25, 0.3) is 5.91 Å². The van der Waals surface area contributed by atoms with Gasteiger partial charge in [0.05, 0.1) is 15.5 Å². The number of hydrogen-bond acceptors (Lipinski definition) is 5. The smallest absolute Gasteiger partial charge is 0.328 e. The lowest BCUT2D eigenvalue weighted by Gasteiger charge is -2.40. The Morgan fingerprint density at radius 3 is 2.65 bits per heavy atom. The van der Waals surface area contributed by atoms with Crippen molar-refractivity contribution in [3.63, 3.8) is 0 Å². The summed E-state index contributed by atoms with van der Waals surface area (Å²) in [4.78, 5) is 29.0. The van der Waals surface area contributed by atoms with Gasteiger partial charge in [0.2, 0.25) is 0 Å².